The zero-order valence-electron chi connectivity index (χ0n) is 10.9. The maximum absolute atomic E-state index is 13.7. The molecule has 1 amide bonds. The molecule has 0 bridgehead atoms. The summed E-state index contributed by atoms with van der Waals surface area (Å²) in [6.45, 7) is 3.87. The number of amides is 1. The second-order valence-electron chi connectivity index (χ2n) is 4.47. The van der Waals surface area contributed by atoms with Crippen LogP contribution in [0.15, 0.2) is 39.3 Å². The Morgan fingerprint density at radius 2 is 1.75 bits per heavy atom. The maximum Gasteiger partial charge on any atom is 0.259 e. The van der Waals surface area contributed by atoms with Crippen molar-refractivity contribution in [2.24, 2.45) is 0 Å². The van der Waals surface area contributed by atoms with E-state index in [9.17, 15) is 9.18 Å². The van der Waals surface area contributed by atoms with Crippen LogP contribution < -0.4 is 5.32 Å². The molecule has 0 aromatic heterocycles. The lowest BCUT2D eigenvalue weighted by atomic mass is 10.1. The second kappa shape index (κ2) is 6.06. The smallest absolute Gasteiger partial charge is 0.259 e. The van der Waals surface area contributed by atoms with Crippen LogP contribution in [0.2, 0.25) is 0 Å². The number of nitrogens with one attached hydrogen (secondary N) is 1. The van der Waals surface area contributed by atoms with Gasteiger partial charge in [0.05, 0.1) is 5.56 Å². The number of hydrogen-bond donors (Lipinski definition) is 1. The third-order valence-corrected chi connectivity index (χ3v) is 4.80. The third kappa shape index (κ3) is 3.10. The van der Waals surface area contributed by atoms with Crippen molar-refractivity contribution in [3.05, 3.63) is 61.8 Å². The van der Waals surface area contributed by atoms with E-state index in [2.05, 4.69) is 37.2 Å². The van der Waals surface area contributed by atoms with Crippen molar-refractivity contribution in [3.8, 4) is 0 Å². The van der Waals surface area contributed by atoms with E-state index in [0.717, 1.165) is 15.6 Å². The molecule has 0 radical (unpaired) electrons. The topological polar surface area (TPSA) is 29.1 Å². The number of halogens is 3. The minimum Gasteiger partial charge on any atom is -0.322 e. The highest BCUT2D eigenvalue weighted by Gasteiger charge is 2.16. The fourth-order valence-corrected chi connectivity index (χ4v) is 2.68. The Balaban J connectivity index is 2.33. The number of carbonyl (C=O) groups excluding carboxylic acids is 1. The van der Waals surface area contributed by atoms with E-state index in [0.29, 0.717) is 10.2 Å². The number of hydrogen-bond acceptors (Lipinski definition) is 1. The molecule has 1 N–H and O–H groups in total. The van der Waals surface area contributed by atoms with Gasteiger partial charge in [-0.15, -0.1) is 0 Å². The summed E-state index contributed by atoms with van der Waals surface area (Å²) in [6.07, 6.45) is 0. The summed E-state index contributed by atoms with van der Waals surface area (Å²) in [5.74, 6) is -1.03. The molecule has 0 atom stereocenters. The molecule has 0 fully saturated rings. The number of aryl methyl sites for hydroxylation is 2. The van der Waals surface area contributed by atoms with Gasteiger partial charge < -0.3 is 5.32 Å². The van der Waals surface area contributed by atoms with Gasteiger partial charge in [0.1, 0.15) is 5.82 Å². The lowest BCUT2D eigenvalue weighted by molar-refractivity contribution is 0.102. The van der Waals surface area contributed by atoms with Crippen LogP contribution in [-0.2, 0) is 0 Å². The molecule has 0 aliphatic heterocycles. The molecule has 0 aliphatic rings. The fraction of sp³-hybridized carbons (Fsp3) is 0.133. The van der Waals surface area contributed by atoms with Crippen molar-refractivity contribution in [2.75, 3.05) is 5.32 Å². The molecule has 0 saturated heterocycles. The first-order valence-electron chi connectivity index (χ1n) is 5.92. The molecular formula is C15H12Br2FNO. The summed E-state index contributed by atoms with van der Waals surface area (Å²) in [5.41, 5.74) is 2.66. The van der Waals surface area contributed by atoms with Gasteiger partial charge in [-0.05, 0) is 65.2 Å². The molecule has 0 saturated carbocycles. The van der Waals surface area contributed by atoms with Crippen molar-refractivity contribution in [1.82, 2.24) is 0 Å². The molecule has 0 spiro atoms. The van der Waals surface area contributed by atoms with E-state index >= 15 is 0 Å². The standard InChI is InChI=1S/C15H12Br2FNO/c1-8-6-10(7-9(2)14(8)17)19-15(20)13-11(16)4-3-5-12(13)18/h3-7H,1-2H3,(H,19,20). The van der Waals surface area contributed by atoms with E-state index in [1.807, 2.05) is 26.0 Å². The lowest BCUT2D eigenvalue weighted by Gasteiger charge is -2.11. The Bertz CT molecular complexity index is 642. The zero-order valence-corrected chi connectivity index (χ0v) is 14.1. The second-order valence-corrected chi connectivity index (χ2v) is 6.12. The number of carbonyl (C=O) groups is 1. The molecule has 0 heterocycles. The maximum atomic E-state index is 13.7. The predicted octanol–water partition coefficient (Wildman–Crippen LogP) is 5.22. The lowest BCUT2D eigenvalue weighted by Crippen LogP contribution is -2.14. The van der Waals surface area contributed by atoms with Crippen LogP contribution in [0, 0.1) is 19.7 Å². The van der Waals surface area contributed by atoms with Crippen LogP contribution in [0.5, 0.6) is 0 Å². The third-order valence-electron chi connectivity index (χ3n) is 2.88. The molecular weight excluding hydrogens is 389 g/mol. The number of rotatable bonds is 2. The van der Waals surface area contributed by atoms with Crippen LogP contribution in [-0.4, -0.2) is 5.91 Å². The van der Waals surface area contributed by atoms with Gasteiger partial charge in [-0.25, -0.2) is 4.39 Å². The highest BCUT2D eigenvalue weighted by molar-refractivity contribution is 9.10. The fourth-order valence-electron chi connectivity index (χ4n) is 1.93. The van der Waals surface area contributed by atoms with Crippen molar-refractivity contribution in [3.63, 3.8) is 0 Å². The Morgan fingerprint density at radius 3 is 2.30 bits per heavy atom. The number of benzene rings is 2. The van der Waals surface area contributed by atoms with Crippen LogP contribution >= 0.6 is 31.9 Å². The molecule has 0 unspecified atom stereocenters. The van der Waals surface area contributed by atoms with Gasteiger partial charge in [0.2, 0.25) is 0 Å². The van der Waals surface area contributed by atoms with Crippen LogP contribution in [0.3, 0.4) is 0 Å². The van der Waals surface area contributed by atoms with Gasteiger partial charge in [-0.1, -0.05) is 22.0 Å². The molecule has 104 valence electrons. The minimum atomic E-state index is -0.553. The van der Waals surface area contributed by atoms with E-state index < -0.39 is 11.7 Å². The number of anilines is 1. The first kappa shape index (κ1) is 15.2. The van der Waals surface area contributed by atoms with Gasteiger partial charge in [0, 0.05) is 14.6 Å². The summed E-state index contributed by atoms with van der Waals surface area (Å²) < 4.78 is 15.2. The zero-order chi connectivity index (χ0) is 14.9. The van der Waals surface area contributed by atoms with Gasteiger partial charge in [-0.3, -0.25) is 4.79 Å². The van der Waals surface area contributed by atoms with Crippen molar-refractivity contribution in [2.45, 2.75) is 13.8 Å². The summed E-state index contributed by atoms with van der Waals surface area (Å²) in [7, 11) is 0. The quantitative estimate of drug-likeness (QED) is 0.735. The van der Waals surface area contributed by atoms with E-state index in [1.54, 1.807) is 12.1 Å². The molecule has 2 rings (SSSR count). The predicted molar refractivity (Wildman–Crippen MR) is 85.7 cm³/mol. The Hall–Kier alpha value is -1.20. The largest absolute Gasteiger partial charge is 0.322 e. The average molecular weight is 401 g/mol. The average Bonchev–Trinajstić information content (AvgIpc) is 2.35. The monoisotopic (exact) mass is 399 g/mol. The van der Waals surface area contributed by atoms with Gasteiger partial charge in [-0.2, -0.15) is 0 Å². The molecule has 2 nitrogen and oxygen atoms in total. The Kier molecular flexibility index (Phi) is 4.60. The highest BCUT2D eigenvalue weighted by Crippen LogP contribution is 2.26. The molecule has 2 aromatic rings. The molecule has 20 heavy (non-hydrogen) atoms. The van der Waals surface area contributed by atoms with Crippen molar-refractivity contribution in [1.29, 1.82) is 0 Å². The summed E-state index contributed by atoms with van der Waals surface area (Å²) in [4.78, 5) is 12.2. The van der Waals surface area contributed by atoms with E-state index in [-0.39, 0.29) is 5.56 Å². The van der Waals surface area contributed by atoms with E-state index in [1.165, 1.54) is 6.07 Å². The normalized spacial score (nSPS) is 10.4. The van der Waals surface area contributed by atoms with Crippen molar-refractivity contribution >= 4 is 43.5 Å². The van der Waals surface area contributed by atoms with E-state index in [4.69, 9.17) is 0 Å². The first-order valence-corrected chi connectivity index (χ1v) is 7.51. The van der Waals surface area contributed by atoms with Crippen molar-refractivity contribution < 1.29 is 9.18 Å². The molecule has 0 aliphatic carbocycles. The van der Waals surface area contributed by atoms with Crippen LogP contribution in [0.25, 0.3) is 0 Å². The van der Waals surface area contributed by atoms with Gasteiger partial charge in [0.15, 0.2) is 0 Å². The summed E-state index contributed by atoms with van der Waals surface area (Å²) >= 11 is 6.66. The van der Waals surface area contributed by atoms with Crippen LogP contribution in [0.1, 0.15) is 21.5 Å². The SMILES string of the molecule is Cc1cc(NC(=O)c2c(F)cccc2Br)cc(C)c1Br. The first-order chi connectivity index (χ1) is 9.40. The molecule has 5 heteroatoms. The van der Waals surface area contributed by atoms with Crippen LogP contribution in [0.4, 0.5) is 10.1 Å². The molecule has 2 aromatic carbocycles. The van der Waals surface area contributed by atoms with Gasteiger partial charge in [0.25, 0.3) is 5.91 Å². The summed E-state index contributed by atoms with van der Waals surface area (Å²) in [5, 5.41) is 2.72. The Morgan fingerprint density at radius 1 is 1.15 bits per heavy atom. The van der Waals surface area contributed by atoms with Gasteiger partial charge >= 0.3 is 0 Å². The minimum absolute atomic E-state index is 0.00530. The summed E-state index contributed by atoms with van der Waals surface area (Å²) in [6, 6.07) is 8.12. The Labute approximate surface area is 133 Å². The highest BCUT2D eigenvalue weighted by atomic mass is 79.9.